The molecular formula is C18H31N3. The molecule has 1 unspecified atom stereocenters. The van der Waals surface area contributed by atoms with Gasteiger partial charge in [-0.3, -0.25) is 9.80 Å². The van der Waals surface area contributed by atoms with Crippen LogP contribution in [-0.4, -0.2) is 55.6 Å². The van der Waals surface area contributed by atoms with E-state index in [-0.39, 0.29) is 0 Å². The van der Waals surface area contributed by atoms with Gasteiger partial charge in [0.15, 0.2) is 0 Å². The number of hydrogen-bond donors (Lipinski definition) is 1. The van der Waals surface area contributed by atoms with E-state index >= 15 is 0 Å². The molecular weight excluding hydrogens is 258 g/mol. The highest BCUT2D eigenvalue weighted by Crippen LogP contribution is 2.18. The first-order chi connectivity index (χ1) is 10.3. The number of nitrogens with one attached hydrogen (secondary N) is 1. The monoisotopic (exact) mass is 289 g/mol. The summed E-state index contributed by atoms with van der Waals surface area (Å²) in [7, 11) is 2.01. The fourth-order valence-corrected chi connectivity index (χ4v) is 3.33. The summed E-state index contributed by atoms with van der Waals surface area (Å²) in [4.78, 5) is 5.20. The predicted molar refractivity (Wildman–Crippen MR) is 90.7 cm³/mol. The third-order valence-corrected chi connectivity index (χ3v) is 4.67. The number of nitrogens with zero attached hydrogens (tertiary/aromatic N) is 2. The normalized spacial score (nSPS) is 19.5. The Kier molecular flexibility index (Phi) is 6.68. The predicted octanol–water partition coefficient (Wildman–Crippen LogP) is 2.36. The standard InChI is InChI=1S/C18H31N3/c1-4-21(5-2)18-11-13-20(15-18)14-17-8-6-16(7-9-17)10-12-19-3/h6-9,18-19H,4-5,10-15H2,1-3H3. The van der Waals surface area contributed by atoms with E-state index in [1.165, 1.54) is 43.7 Å². The van der Waals surface area contributed by atoms with Crippen LogP contribution in [0.1, 0.15) is 31.4 Å². The van der Waals surface area contributed by atoms with E-state index in [0.29, 0.717) is 0 Å². The number of likely N-dealkylation sites (tertiary alicyclic amines) is 1. The van der Waals surface area contributed by atoms with Crippen LogP contribution in [-0.2, 0) is 13.0 Å². The molecule has 1 saturated heterocycles. The maximum Gasteiger partial charge on any atom is 0.0235 e. The van der Waals surface area contributed by atoms with Gasteiger partial charge in [0.2, 0.25) is 0 Å². The second-order valence-corrected chi connectivity index (χ2v) is 6.07. The van der Waals surface area contributed by atoms with Crippen LogP contribution >= 0.6 is 0 Å². The number of rotatable bonds is 8. The van der Waals surface area contributed by atoms with Gasteiger partial charge >= 0.3 is 0 Å². The van der Waals surface area contributed by atoms with Crippen molar-refractivity contribution in [2.45, 2.75) is 39.3 Å². The SMILES string of the molecule is CCN(CC)C1CCN(Cc2ccc(CCNC)cc2)C1. The molecule has 0 amide bonds. The van der Waals surface area contributed by atoms with Crippen molar-refractivity contribution in [3.05, 3.63) is 35.4 Å². The second-order valence-electron chi connectivity index (χ2n) is 6.07. The Morgan fingerprint density at radius 1 is 1.14 bits per heavy atom. The molecule has 3 heteroatoms. The van der Waals surface area contributed by atoms with E-state index in [0.717, 1.165) is 25.6 Å². The first-order valence-corrected chi connectivity index (χ1v) is 8.45. The number of likely N-dealkylation sites (N-methyl/N-ethyl adjacent to an activating group) is 2. The van der Waals surface area contributed by atoms with Crippen molar-refractivity contribution in [1.82, 2.24) is 15.1 Å². The lowest BCUT2D eigenvalue weighted by Gasteiger charge is -2.26. The molecule has 3 nitrogen and oxygen atoms in total. The van der Waals surface area contributed by atoms with E-state index in [9.17, 15) is 0 Å². The number of hydrogen-bond acceptors (Lipinski definition) is 3. The van der Waals surface area contributed by atoms with Gasteiger partial charge in [-0.2, -0.15) is 0 Å². The molecule has 1 aromatic rings. The lowest BCUT2D eigenvalue weighted by Crippen LogP contribution is -2.37. The van der Waals surface area contributed by atoms with E-state index in [2.05, 4.69) is 53.2 Å². The third-order valence-electron chi connectivity index (χ3n) is 4.67. The zero-order valence-electron chi connectivity index (χ0n) is 13.9. The van der Waals surface area contributed by atoms with Crippen molar-refractivity contribution >= 4 is 0 Å². The summed E-state index contributed by atoms with van der Waals surface area (Å²) in [5.41, 5.74) is 2.87. The molecule has 1 aromatic carbocycles. The van der Waals surface area contributed by atoms with Crippen LogP contribution in [0.5, 0.6) is 0 Å². The largest absolute Gasteiger partial charge is 0.319 e. The fourth-order valence-electron chi connectivity index (χ4n) is 3.33. The van der Waals surface area contributed by atoms with Gasteiger partial charge in [-0.1, -0.05) is 38.1 Å². The van der Waals surface area contributed by atoms with Crippen molar-refractivity contribution in [1.29, 1.82) is 0 Å². The fraction of sp³-hybridized carbons (Fsp3) is 0.667. The number of benzene rings is 1. The summed E-state index contributed by atoms with van der Waals surface area (Å²) in [5, 5.41) is 3.20. The molecule has 1 aliphatic rings. The van der Waals surface area contributed by atoms with Gasteiger partial charge in [-0.05, 0) is 50.7 Å². The van der Waals surface area contributed by atoms with Crippen molar-refractivity contribution in [3.8, 4) is 0 Å². The Morgan fingerprint density at radius 2 is 1.81 bits per heavy atom. The smallest absolute Gasteiger partial charge is 0.0235 e. The van der Waals surface area contributed by atoms with Crippen molar-refractivity contribution in [3.63, 3.8) is 0 Å². The minimum Gasteiger partial charge on any atom is -0.319 e. The third kappa shape index (κ3) is 4.80. The van der Waals surface area contributed by atoms with Crippen LogP contribution in [0.2, 0.25) is 0 Å². The Labute approximate surface area is 130 Å². The molecule has 0 radical (unpaired) electrons. The van der Waals surface area contributed by atoms with Gasteiger partial charge in [0.05, 0.1) is 0 Å². The Hall–Kier alpha value is -0.900. The summed E-state index contributed by atoms with van der Waals surface area (Å²) in [6.07, 6.45) is 2.44. The molecule has 1 atom stereocenters. The molecule has 0 bridgehead atoms. The lowest BCUT2D eigenvalue weighted by atomic mass is 10.1. The van der Waals surface area contributed by atoms with Crippen LogP contribution in [0, 0.1) is 0 Å². The minimum atomic E-state index is 0.759. The summed E-state index contributed by atoms with van der Waals surface area (Å²) in [6, 6.07) is 9.93. The van der Waals surface area contributed by atoms with Crippen LogP contribution in [0.4, 0.5) is 0 Å². The highest BCUT2D eigenvalue weighted by Gasteiger charge is 2.25. The van der Waals surface area contributed by atoms with E-state index in [1.54, 1.807) is 0 Å². The first-order valence-electron chi connectivity index (χ1n) is 8.45. The minimum absolute atomic E-state index is 0.759. The molecule has 21 heavy (non-hydrogen) atoms. The van der Waals surface area contributed by atoms with Crippen molar-refractivity contribution < 1.29 is 0 Å². The molecule has 2 rings (SSSR count). The molecule has 0 saturated carbocycles. The van der Waals surface area contributed by atoms with Crippen molar-refractivity contribution in [2.24, 2.45) is 0 Å². The molecule has 0 aliphatic carbocycles. The topological polar surface area (TPSA) is 18.5 Å². The lowest BCUT2D eigenvalue weighted by molar-refractivity contribution is 0.209. The van der Waals surface area contributed by atoms with Gasteiger partial charge in [0.25, 0.3) is 0 Å². The zero-order chi connectivity index (χ0) is 15.1. The maximum atomic E-state index is 3.20. The average molecular weight is 289 g/mol. The van der Waals surface area contributed by atoms with Crippen LogP contribution in [0.3, 0.4) is 0 Å². The van der Waals surface area contributed by atoms with E-state index in [4.69, 9.17) is 0 Å². The van der Waals surface area contributed by atoms with Gasteiger partial charge in [0.1, 0.15) is 0 Å². The highest BCUT2D eigenvalue weighted by molar-refractivity contribution is 5.23. The Morgan fingerprint density at radius 3 is 2.43 bits per heavy atom. The quantitative estimate of drug-likeness (QED) is 0.792. The molecule has 1 aliphatic heterocycles. The van der Waals surface area contributed by atoms with Gasteiger partial charge in [-0.15, -0.1) is 0 Å². The van der Waals surface area contributed by atoms with E-state index in [1.807, 2.05) is 7.05 Å². The first kappa shape index (κ1) is 16.5. The molecule has 1 fully saturated rings. The molecule has 1 heterocycles. The zero-order valence-corrected chi connectivity index (χ0v) is 13.9. The maximum absolute atomic E-state index is 3.20. The van der Waals surface area contributed by atoms with Gasteiger partial charge < -0.3 is 5.32 Å². The summed E-state index contributed by atoms with van der Waals surface area (Å²) >= 11 is 0. The summed E-state index contributed by atoms with van der Waals surface area (Å²) in [6.45, 7) is 11.5. The van der Waals surface area contributed by atoms with Crippen LogP contribution < -0.4 is 5.32 Å². The highest BCUT2D eigenvalue weighted by atomic mass is 15.2. The Balaban J connectivity index is 1.82. The molecule has 1 N–H and O–H groups in total. The van der Waals surface area contributed by atoms with E-state index < -0.39 is 0 Å². The molecule has 0 aromatic heterocycles. The van der Waals surface area contributed by atoms with Crippen LogP contribution in [0.15, 0.2) is 24.3 Å². The average Bonchev–Trinajstić information content (AvgIpc) is 2.96. The van der Waals surface area contributed by atoms with Gasteiger partial charge in [-0.25, -0.2) is 0 Å². The Bertz CT molecular complexity index is 397. The molecule has 118 valence electrons. The summed E-state index contributed by atoms with van der Waals surface area (Å²) < 4.78 is 0. The molecule has 0 spiro atoms. The summed E-state index contributed by atoms with van der Waals surface area (Å²) in [5.74, 6) is 0. The van der Waals surface area contributed by atoms with Crippen molar-refractivity contribution in [2.75, 3.05) is 39.8 Å². The van der Waals surface area contributed by atoms with Crippen LogP contribution in [0.25, 0.3) is 0 Å². The second kappa shape index (κ2) is 8.52. The van der Waals surface area contributed by atoms with Gasteiger partial charge in [0, 0.05) is 25.7 Å².